The van der Waals surface area contributed by atoms with Crippen molar-refractivity contribution in [2.45, 2.75) is 13.5 Å². The molecule has 5 heteroatoms. The van der Waals surface area contributed by atoms with Crippen LogP contribution in [0.15, 0.2) is 79.0 Å². The number of benzene rings is 3. The molecular weight excluding hydrogens is 389 g/mol. The minimum absolute atomic E-state index is 0.115. The van der Waals surface area contributed by atoms with Crippen LogP contribution >= 0.6 is 0 Å². The largest absolute Gasteiger partial charge is 0.337 e. The van der Waals surface area contributed by atoms with Crippen LogP contribution in [0.1, 0.15) is 16.7 Å². The molecule has 0 saturated heterocycles. The van der Waals surface area contributed by atoms with Crippen molar-refractivity contribution in [3.63, 3.8) is 0 Å². The standard InChI is InChI=1S/C26H20FN3O/c1-18-10-12-21(13-11-18)29-26(31)17-30-16-20(23-7-3-5-9-25(23)30)14-19(15-28)22-6-2-4-8-24(22)27/h2-14,16H,17H2,1H3,(H,29,31)/b19-14-. The lowest BCUT2D eigenvalue weighted by molar-refractivity contribution is -0.116. The summed E-state index contributed by atoms with van der Waals surface area (Å²) in [5.41, 5.74) is 3.94. The molecule has 4 rings (SSSR count). The third-order valence-corrected chi connectivity index (χ3v) is 5.05. The summed E-state index contributed by atoms with van der Waals surface area (Å²) in [7, 11) is 0. The van der Waals surface area contributed by atoms with E-state index in [1.807, 2.05) is 66.2 Å². The lowest BCUT2D eigenvalue weighted by Crippen LogP contribution is -2.18. The van der Waals surface area contributed by atoms with Gasteiger partial charge >= 0.3 is 0 Å². The zero-order valence-corrected chi connectivity index (χ0v) is 17.0. The monoisotopic (exact) mass is 409 g/mol. The van der Waals surface area contributed by atoms with E-state index in [0.29, 0.717) is 0 Å². The van der Waals surface area contributed by atoms with Crippen molar-refractivity contribution in [1.29, 1.82) is 5.26 Å². The number of rotatable bonds is 5. The summed E-state index contributed by atoms with van der Waals surface area (Å²) in [5, 5.41) is 13.4. The maximum Gasteiger partial charge on any atom is 0.244 e. The number of fused-ring (bicyclic) bond motifs is 1. The van der Waals surface area contributed by atoms with Gasteiger partial charge in [-0.3, -0.25) is 4.79 Å². The van der Waals surface area contributed by atoms with E-state index in [1.54, 1.807) is 24.3 Å². The Hall–Kier alpha value is -4.17. The van der Waals surface area contributed by atoms with Crippen molar-refractivity contribution < 1.29 is 9.18 Å². The van der Waals surface area contributed by atoms with Crippen LogP contribution in [0.5, 0.6) is 0 Å². The van der Waals surface area contributed by atoms with E-state index in [4.69, 9.17) is 0 Å². The number of hydrogen-bond donors (Lipinski definition) is 1. The first-order valence-electron chi connectivity index (χ1n) is 9.86. The number of anilines is 1. The lowest BCUT2D eigenvalue weighted by Gasteiger charge is -2.07. The van der Waals surface area contributed by atoms with Gasteiger partial charge in [0.15, 0.2) is 0 Å². The van der Waals surface area contributed by atoms with Gasteiger partial charge in [0.05, 0.1) is 11.6 Å². The molecular formula is C26H20FN3O. The van der Waals surface area contributed by atoms with E-state index in [2.05, 4.69) is 11.4 Å². The summed E-state index contributed by atoms with van der Waals surface area (Å²) in [5.74, 6) is -0.605. The van der Waals surface area contributed by atoms with Gasteiger partial charge in [0.1, 0.15) is 12.4 Å². The van der Waals surface area contributed by atoms with E-state index < -0.39 is 5.82 Å². The van der Waals surface area contributed by atoms with Crippen molar-refractivity contribution in [3.8, 4) is 6.07 Å². The third kappa shape index (κ3) is 4.39. The second-order valence-corrected chi connectivity index (χ2v) is 7.29. The van der Waals surface area contributed by atoms with Crippen molar-refractivity contribution in [3.05, 3.63) is 102 Å². The number of nitrogens with zero attached hydrogens (tertiary/aromatic N) is 2. The van der Waals surface area contributed by atoms with Crippen LogP contribution in [0, 0.1) is 24.1 Å². The molecule has 1 heterocycles. The molecule has 0 aliphatic heterocycles. The van der Waals surface area contributed by atoms with Gasteiger partial charge in [0.25, 0.3) is 0 Å². The smallest absolute Gasteiger partial charge is 0.244 e. The fourth-order valence-electron chi connectivity index (χ4n) is 3.52. The average Bonchev–Trinajstić information content (AvgIpc) is 3.11. The highest BCUT2D eigenvalue weighted by molar-refractivity contribution is 5.99. The summed E-state index contributed by atoms with van der Waals surface area (Å²) in [6, 6.07) is 23.5. The Kier molecular flexibility index (Phi) is 5.63. The zero-order chi connectivity index (χ0) is 21.8. The van der Waals surface area contributed by atoms with Gasteiger partial charge in [-0.05, 0) is 37.3 Å². The quantitative estimate of drug-likeness (QED) is 0.424. The topological polar surface area (TPSA) is 57.8 Å². The van der Waals surface area contributed by atoms with Crippen LogP contribution in [-0.4, -0.2) is 10.5 Å². The van der Waals surface area contributed by atoms with E-state index in [9.17, 15) is 14.4 Å². The van der Waals surface area contributed by atoms with E-state index in [1.165, 1.54) is 6.07 Å². The molecule has 31 heavy (non-hydrogen) atoms. The molecule has 0 atom stereocenters. The number of nitriles is 1. The summed E-state index contributed by atoms with van der Waals surface area (Å²) < 4.78 is 16.0. The van der Waals surface area contributed by atoms with Gasteiger partial charge in [0.2, 0.25) is 5.91 Å². The molecule has 0 radical (unpaired) electrons. The van der Waals surface area contributed by atoms with Gasteiger partial charge < -0.3 is 9.88 Å². The van der Waals surface area contributed by atoms with Gasteiger partial charge in [0, 0.05) is 33.9 Å². The van der Waals surface area contributed by atoms with Crippen molar-refractivity contribution in [1.82, 2.24) is 4.57 Å². The molecule has 4 aromatic rings. The predicted molar refractivity (Wildman–Crippen MR) is 122 cm³/mol. The van der Waals surface area contributed by atoms with Crippen molar-refractivity contribution in [2.24, 2.45) is 0 Å². The summed E-state index contributed by atoms with van der Waals surface area (Å²) in [4.78, 5) is 12.6. The minimum atomic E-state index is -0.448. The number of carbonyl (C=O) groups excluding carboxylic acids is 1. The van der Waals surface area contributed by atoms with Crippen LogP contribution in [0.2, 0.25) is 0 Å². The maximum absolute atomic E-state index is 14.2. The van der Waals surface area contributed by atoms with Crippen molar-refractivity contribution >= 4 is 34.1 Å². The van der Waals surface area contributed by atoms with Gasteiger partial charge in [-0.25, -0.2) is 4.39 Å². The second kappa shape index (κ2) is 8.68. The molecule has 1 amide bonds. The number of hydrogen-bond acceptors (Lipinski definition) is 2. The highest BCUT2D eigenvalue weighted by atomic mass is 19.1. The number of aryl methyl sites for hydroxylation is 1. The predicted octanol–water partition coefficient (Wildman–Crippen LogP) is 5.79. The molecule has 0 saturated carbocycles. The lowest BCUT2D eigenvalue weighted by atomic mass is 10.0. The molecule has 0 aliphatic rings. The van der Waals surface area contributed by atoms with E-state index in [0.717, 1.165) is 27.7 Å². The number of allylic oxidation sites excluding steroid dienone is 1. The molecule has 0 bridgehead atoms. The van der Waals surface area contributed by atoms with Crippen LogP contribution in [-0.2, 0) is 11.3 Å². The first-order chi connectivity index (χ1) is 15.0. The van der Waals surface area contributed by atoms with Crippen LogP contribution in [0.4, 0.5) is 10.1 Å². The Morgan fingerprint density at radius 2 is 1.77 bits per heavy atom. The molecule has 0 fully saturated rings. The summed E-state index contributed by atoms with van der Waals surface area (Å²) in [6.45, 7) is 2.10. The minimum Gasteiger partial charge on any atom is -0.337 e. The Balaban J connectivity index is 1.67. The first-order valence-corrected chi connectivity index (χ1v) is 9.86. The third-order valence-electron chi connectivity index (χ3n) is 5.05. The van der Waals surface area contributed by atoms with Gasteiger partial charge in [-0.2, -0.15) is 5.26 Å². The Morgan fingerprint density at radius 3 is 2.52 bits per heavy atom. The van der Waals surface area contributed by atoms with E-state index >= 15 is 0 Å². The molecule has 152 valence electrons. The van der Waals surface area contributed by atoms with Crippen LogP contribution < -0.4 is 5.32 Å². The molecule has 1 aromatic heterocycles. The molecule has 3 aromatic carbocycles. The Bertz CT molecular complexity index is 1330. The first kappa shape index (κ1) is 20.1. The Morgan fingerprint density at radius 1 is 1.06 bits per heavy atom. The number of aromatic nitrogens is 1. The van der Waals surface area contributed by atoms with Crippen molar-refractivity contribution in [2.75, 3.05) is 5.32 Å². The SMILES string of the molecule is Cc1ccc(NC(=O)Cn2cc(/C=C(/C#N)c3ccccc3F)c3ccccc32)cc1. The fraction of sp³-hybridized carbons (Fsp3) is 0.0769. The highest BCUT2D eigenvalue weighted by Crippen LogP contribution is 2.27. The normalized spacial score (nSPS) is 11.3. The summed E-state index contributed by atoms with van der Waals surface area (Å²) >= 11 is 0. The fourth-order valence-corrected chi connectivity index (χ4v) is 3.52. The number of halogens is 1. The number of nitrogens with one attached hydrogen (secondary N) is 1. The molecule has 4 nitrogen and oxygen atoms in total. The highest BCUT2D eigenvalue weighted by Gasteiger charge is 2.13. The Labute approximate surface area is 179 Å². The van der Waals surface area contributed by atoms with Crippen LogP contribution in [0.3, 0.4) is 0 Å². The average molecular weight is 409 g/mol. The maximum atomic E-state index is 14.2. The van der Waals surface area contributed by atoms with Gasteiger partial charge in [-0.1, -0.05) is 54.1 Å². The second-order valence-electron chi connectivity index (χ2n) is 7.29. The summed E-state index contributed by atoms with van der Waals surface area (Å²) in [6.07, 6.45) is 3.48. The molecule has 1 N–H and O–H groups in total. The number of para-hydroxylation sites is 1. The molecule has 0 aliphatic carbocycles. The number of amides is 1. The number of carbonyl (C=O) groups is 1. The van der Waals surface area contributed by atoms with Crippen LogP contribution in [0.25, 0.3) is 22.6 Å². The zero-order valence-electron chi connectivity index (χ0n) is 17.0. The van der Waals surface area contributed by atoms with Gasteiger partial charge in [-0.15, -0.1) is 0 Å². The van der Waals surface area contributed by atoms with E-state index in [-0.39, 0.29) is 23.6 Å². The molecule has 0 spiro atoms. The molecule has 0 unspecified atom stereocenters.